The molecule has 3 aromatic rings. The van der Waals surface area contributed by atoms with Crippen molar-refractivity contribution in [1.29, 1.82) is 0 Å². The van der Waals surface area contributed by atoms with E-state index in [-0.39, 0.29) is 5.97 Å². The molecule has 0 amide bonds. The minimum atomic E-state index is -0.349. The van der Waals surface area contributed by atoms with E-state index in [1.165, 1.54) is 29.8 Å². The average molecular weight is 348 g/mol. The maximum Gasteiger partial charge on any atom is 0.330 e. The molecule has 0 saturated heterocycles. The smallest absolute Gasteiger partial charge is 0.330 e. The Labute approximate surface area is 154 Å². The molecule has 0 radical (unpaired) electrons. The number of hydrogen-bond donors (Lipinski definition) is 0. The molecule has 4 heteroatoms. The third kappa shape index (κ3) is 3.85. The van der Waals surface area contributed by atoms with Crippen LogP contribution in [0.4, 0.5) is 0 Å². The second kappa shape index (κ2) is 8.00. The molecule has 0 aliphatic carbocycles. The van der Waals surface area contributed by atoms with Crippen molar-refractivity contribution in [2.24, 2.45) is 0 Å². The summed E-state index contributed by atoms with van der Waals surface area (Å²) in [7, 11) is 1.38. The zero-order valence-corrected chi connectivity index (χ0v) is 15.5. The lowest BCUT2D eigenvalue weighted by atomic mass is 10.1. The Hall–Kier alpha value is -2.88. The number of rotatable bonds is 6. The van der Waals surface area contributed by atoms with Crippen molar-refractivity contribution in [2.75, 3.05) is 7.11 Å². The largest absolute Gasteiger partial charge is 0.466 e. The summed E-state index contributed by atoms with van der Waals surface area (Å²) in [6.07, 6.45) is 5.22. The molecule has 0 bridgehead atoms. The number of aromatic nitrogens is 2. The number of hydrogen-bond acceptors (Lipinski definition) is 3. The zero-order valence-electron chi connectivity index (χ0n) is 15.5. The van der Waals surface area contributed by atoms with Gasteiger partial charge in [-0.15, -0.1) is 0 Å². The summed E-state index contributed by atoms with van der Waals surface area (Å²) in [6, 6.07) is 14.5. The molecule has 0 spiro atoms. The van der Waals surface area contributed by atoms with Gasteiger partial charge in [0.05, 0.1) is 18.1 Å². The van der Waals surface area contributed by atoms with Crippen LogP contribution in [0.1, 0.15) is 35.9 Å². The topological polar surface area (TPSA) is 44.1 Å². The molecule has 0 saturated carbocycles. The van der Waals surface area contributed by atoms with Gasteiger partial charge in [-0.3, -0.25) is 0 Å². The van der Waals surface area contributed by atoms with Gasteiger partial charge >= 0.3 is 5.97 Å². The summed E-state index contributed by atoms with van der Waals surface area (Å²) < 4.78 is 6.93. The van der Waals surface area contributed by atoms with Crippen LogP contribution in [0.5, 0.6) is 0 Å². The number of methoxy groups -OCH3 is 1. The van der Waals surface area contributed by atoms with Gasteiger partial charge in [0, 0.05) is 19.0 Å². The van der Waals surface area contributed by atoms with Gasteiger partial charge in [-0.1, -0.05) is 43.3 Å². The van der Waals surface area contributed by atoms with Crippen LogP contribution in [0.15, 0.2) is 48.5 Å². The van der Waals surface area contributed by atoms with Crippen LogP contribution in [0.25, 0.3) is 17.1 Å². The summed E-state index contributed by atoms with van der Waals surface area (Å²) in [5.41, 5.74) is 5.66. The number of esters is 1. The second-order valence-corrected chi connectivity index (χ2v) is 6.40. The Morgan fingerprint density at radius 1 is 1.19 bits per heavy atom. The quantitative estimate of drug-likeness (QED) is 0.485. The number of fused-ring (bicyclic) bond motifs is 1. The molecule has 2 aromatic carbocycles. The normalized spacial score (nSPS) is 11.3. The first-order valence-electron chi connectivity index (χ1n) is 8.92. The SMILES string of the molecule is CCCc1nc2c(C)cccc2n1Cc1ccc(/C=C/C(=O)OC)cc1. The fraction of sp³-hybridized carbons (Fsp3) is 0.273. The lowest BCUT2D eigenvalue weighted by Gasteiger charge is -2.09. The number of ether oxygens (including phenoxy) is 1. The van der Waals surface area contributed by atoms with Crippen LogP contribution in [-0.4, -0.2) is 22.6 Å². The second-order valence-electron chi connectivity index (χ2n) is 6.40. The number of para-hydroxylation sites is 1. The highest BCUT2D eigenvalue weighted by Crippen LogP contribution is 2.22. The van der Waals surface area contributed by atoms with Gasteiger partial charge in [0.1, 0.15) is 5.82 Å². The van der Waals surface area contributed by atoms with E-state index in [0.717, 1.165) is 36.3 Å². The average Bonchev–Trinajstić information content (AvgIpc) is 3.00. The maximum atomic E-state index is 11.2. The van der Waals surface area contributed by atoms with E-state index in [0.29, 0.717) is 0 Å². The Kier molecular flexibility index (Phi) is 5.52. The fourth-order valence-electron chi connectivity index (χ4n) is 3.08. The van der Waals surface area contributed by atoms with Crippen molar-refractivity contribution in [3.05, 3.63) is 71.1 Å². The maximum absolute atomic E-state index is 11.2. The molecular weight excluding hydrogens is 324 g/mol. The predicted octanol–water partition coefficient (Wildman–Crippen LogP) is 4.53. The van der Waals surface area contributed by atoms with E-state index in [2.05, 4.69) is 53.5 Å². The van der Waals surface area contributed by atoms with Crippen molar-refractivity contribution in [3.8, 4) is 0 Å². The van der Waals surface area contributed by atoms with E-state index < -0.39 is 0 Å². The first-order valence-corrected chi connectivity index (χ1v) is 8.92. The number of benzene rings is 2. The molecule has 0 aliphatic rings. The summed E-state index contributed by atoms with van der Waals surface area (Å²) in [5, 5.41) is 0. The Morgan fingerprint density at radius 2 is 1.96 bits per heavy atom. The fourth-order valence-corrected chi connectivity index (χ4v) is 3.08. The minimum absolute atomic E-state index is 0.349. The molecule has 1 heterocycles. The van der Waals surface area contributed by atoms with Crippen LogP contribution in [0.2, 0.25) is 0 Å². The van der Waals surface area contributed by atoms with E-state index >= 15 is 0 Å². The Bertz CT molecular complexity index is 937. The van der Waals surface area contributed by atoms with Gasteiger partial charge in [0.15, 0.2) is 0 Å². The highest BCUT2D eigenvalue weighted by atomic mass is 16.5. The van der Waals surface area contributed by atoms with Gasteiger partial charge in [-0.25, -0.2) is 9.78 Å². The molecule has 4 nitrogen and oxygen atoms in total. The van der Waals surface area contributed by atoms with E-state index in [4.69, 9.17) is 4.98 Å². The molecule has 3 rings (SSSR count). The van der Waals surface area contributed by atoms with Crippen molar-refractivity contribution >= 4 is 23.1 Å². The van der Waals surface area contributed by atoms with Crippen molar-refractivity contribution in [1.82, 2.24) is 9.55 Å². The van der Waals surface area contributed by atoms with Crippen LogP contribution in [0, 0.1) is 6.92 Å². The number of carbonyl (C=O) groups is 1. The first kappa shape index (κ1) is 17.9. The van der Waals surface area contributed by atoms with Gasteiger partial charge in [-0.2, -0.15) is 0 Å². The summed E-state index contributed by atoms with van der Waals surface area (Å²) in [6.45, 7) is 5.08. The van der Waals surface area contributed by atoms with Gasteiger partial charge < -0.3 is 9.30 Å². The third-order valence-corrected chi connectivity index (χ3v) is 4.47. The van der Waals surface area contributed by atoms with Gasteiger partial charge in [0.25, 0.3) is 0 Å². The first-order chi connectivity index (χ1) is 12.6. The van der Waals surface area contributed by atoms with Crippen molar-refractivity contribution in [3.63, 3.8) is 0 Å². The van der Waals surface area contributed by atoms with Crippen LogP contribution < -0.4 is 0 Å². The molecule has 1 aromatic heterocycles. The lowest BCUT2D eigenvalue weighted by molar-refractivity contribution is -0.134. The molecule has 0 aliphatic heterocycles. The van der Waals surface area contributed by atoms with Crippen LogP contribution >= 0.6 is 0 Å². The summed E-state index contributed by atoms with van der Waals surface area (Å²) in [5.74, 6) is 0.782. The number of imidazole rings is 1. The van der Waals surface area contributed by atoms with E-state index in [1.807, 2.05) is 12.1 Å². The minimum Gasteiger partial charge on any atom is -0.466 e. The highest BCUT2D eigenvalue weighted by molar-refractivity contribution is 5.86. The standard InChI is InChI=1S/C22H24N2O2/c1-4-6-20-23-22-16(2)7-5-8-19(22)24(20)15-18-11-9-17(10-12-18)13-14-21(25)26-3/h5,7-14H,4,6,15H2,1-3H3/b14-13+. The monoisotopic (exact) mass is 348 g/mol. The van der Waals surface area contributed by atoms with Crippen molar-refractivity contribution < 1.29 is 9.53 Å². The van der Waals surface area contributed by atoms with Crippen molar-refractivity contribution in [2.45, 2.75) is 33.2 Å². The molecule has 0 fully saturated rings. The summed E-state index contributed by atoms with van der Waals surface area (Å²) >= 11 is 0. The lowest BCUT2D eigenvalue weighted by Crippen LogP contribution is -2.05. The molecular formula is C22H24N2O2. The third-order valence-electron chi connectivity index (χ3n) is 4.47. The summed E-state index contributed by atoms with van der Waals surface area (Å²) in [4.78, 5) is 16.1. The van der Waals surface area contributed by atoms with E-state index in [1.54, 1.807) is 6.08 Å². The molecule has 0 N–H and O–H groups in total. The zero-order chi connectivity index (χ0) is 18.5. The highest BCUT2D eigenvalue weighted by Gasteiger charge is 2.11. The number of nitrogens with zero attached hydrogens (tertiary/aromatic N) is 2. The van der Waals surface area contributed by atoms with Gasteiger partial charge in [0.2, 0.25) is 0 Å². The Balaban J connectivity index is 1.88. The number of aryl methyl sites for hydroxylation is 2. The Morgan fingerprint density at radius 3 is 2.65 bits per heavy atom. The number of carbonyl (C=O) groups excluding carboxylic acids is 1. The molecule has 0 atom stereocenters. The molecule has 134 valence electrons. The molecule has 0 unspecified atom stereocenters. The van der Waals surface area contributed by atoms with Gasteiger partial charge in [-0.05, 0) is 42.2 Å². The predicted molar refractivity (Wildman–Crippen MR) is 105 cm³/mol. The molecule has 26 heavy (non-hydrogen) atoms. The van der Waals surface area contributed by atoms with Crippen LogP contribution in [0.3, 0.4) is 0 Å². The van der Waals surface area contributed by atoms with E-state index in [9.17, 15) is 4.79 Å². The van der Waals surface area contributed by atoms with Crippen LogP contribution in [-0.2, 0) is 22.5 Å².